The summed E-state index contributed by atoms with van der Waals surface area (Å²) in [5.74, 6) is 1.44. The van der Waals surface area contributed by atoms with E-state index >= 15 is 0 Å². The van der Waals surface area contributed by atoms with Crippen LogP contribution in [0.2, 0.25) is 0 Å². The maximum atomic E-state index is 13.6. The molecule has 0 radical (unpaired) electrons. The Kier molecular flexibility index (Phi) is 8.76. The summed E-state index contributed by atoms with van der Waals surface area (Å²) in [6.07, 6.45) is 1.22. The second-order valence-electron chi connectivity index (χ2n) is 8.49. The van der Waals surface area contributed by atoms with Crippen molar-refractivity contribution in [2.24, 2.45) is 0 Å². The highest BCUT2D eigenvalue weighted by Gasteiger charge is 2.56. The molecule has 2 heterocycles. The molecule has 14 heteroatoms. The van der Waals surface area contributed by atoms with Gasteiger partial charge in [-0.25, -0.2) is 9.36 Å². The fraction of sp³-hybridized carbons (Fsp3) is 0.435. The zero-order valence-corrected chi connectivity index (χ0v) is 21.2. The van der Waals surface area contributed by atoms with Crippen LogP contribution >= 0.6 is 7.75 Å². The molecule has 200 valence electrons. The van der Waals surface area contributed by atoms with E-state index in [2.05, 4.69) is 5.09 Å². The number of carbonyl (C=O) groups is 1. The topological polar surface area (TPSA) is 178 Å². The standard InChI is InChI=1S/C23H28N3O10P/c1-5-23(31)19(28)17(35-21(23)26-12-11-18(27)24-22(26)30)13-33-37(32,36-16-9-7-6-8-10-16)25-15(4)20(29)34-14(2)3/h1,6-12,14-15,17,19,21,28,31H,13H2,2-4H3,(H,25,32)(H,24,27,30)/t15-,17+,19+,21?,23+,37?/m0/s1. The summed E-state index contributed by atoms with van der Waals surface area (Å²) in [5.41, 5.74) is -4.06. The molecule has 3 rings (SSSR count). The number of hydrogen-bond acceptors (Lipinski definition) is 10. The number of nitrogens with zero attached hydrogens (tertiary/aromatic N) is 1. The smallest absolute Gasteiger partial charge is 0.459 e. The van der Waals surface area contributed by atoms with Crippen LogP contribution in [0.4, 0.5) is 0 Å². The number of terminal acetylenes is 1. The van der Waals surface area contributed by atoms with E-state index in [1.54, 1.807) is 32.0 Å². The van der Waals surface area contributed by atoms with E-state index in [4.69, 9.17) is 24.9 Å². The van der Waals surface area contributed by atoms with E-state index < -0.39 is 67.8 Å². The number of benzene rings is 1. The number of esters is 1. The molecule has 13 nitrogen and oxygen atoms in total. The van der Waals surface area contributed by atoms with Gasteiger partial charge in [-0.1, -0.05) is 24.1 Å². The van der Waals surface area contributed by atoms with Gasteiger partial charge in [-0.3, -0.25) is 23.7 Å². The Morgan fingerprint density at radius 2 is 1.97 bits per heavy atom. The monoisotopic (exact) mass is 537 g/mol. The maximum Gasteiger partial charge on any atom is 0.459 e. The largest absolute Gasteiger partial charge is 0.462 e. The third kappa shape index (κ3) is 6.56. The lowest BCUT2D eigenvalue weighted by atomic mass is 9.95. The number of aromatic nitrogens is 2. The SMILES string of the molecule is C#C[C@]1(O)C(n2ccc(=O)[nH]c2=O)O[C@H](COP(=O)(N[C@@H](C)C(=O)OC(C)C)Oc2ccccc2)[C@H]1O. The zero-order valence-electron chi connectivity index (χ0n) is 20.3. The highest BCUT2D eigenvalue weighted by molar-refractivity contribution is 7.52. The number of H-pyrrole nitrogens is 1. The predicted molar refractivity (Wildman–Crippen MR) is 129 cm³/mol. The molecular formula is C23H28N3O10P. The quantitative estimate of drug-likeness (QED) is 0.186. The van der Waals surface area contributed by atoms with Gasteiger partial charge >= 0.3 is 19.4 Å². The molecule has 0 amide bonds. The molecule has 4 N–H and O–H groups in total. The van der Waals surface area contributed by atoms with E-state index in [-0.39, 0.29) is 5.75 Å². The number of hydrogen-bond donors (Lipinski definition) is 4. The van der Waals surface area contributed by atoms with Gasteiger partial charge in [0.05, 0.1) is 12.7 Å². The van der Waals surface area contributed by atoms with Crippen LogP contribution in [-0.4, -0.2) is 62.3 Å². The van der Waals surface area contributed by atoms with Crippen molar-refractivity contribution in [3.05, 3.63) is 63.4 Å². The molecule has 0 bridgehead atoms. The Morgan fingerprint density at radius 3 is 2.57 bits per heavy atom. The average molecular weight is 537 g/mol. The molecule has 1 aromatic heterocycles. The second-order valence-corrected chi connectivity index (χ2v) is 10.2. The van der Waals surface area contributed by atoms with Crippen LogP contribution < -0.4 is 20.9 Å². The Labute approximate surface area is 211 Å². The van der Waals surface area contributed by atoms with Gasteiger partial charge in [-0.2, -0.15) is 5.09 Å². The fourth-order valence-corrected chi connectivity index (χ4v) is 4.96. The summed E-state index contributed by atoms with van der Waals surface area (Å²) in [4.78, 5) is 37.9. The summed E-state index contributed by atoms with van der Waals surface area (Å²) in [6, 6.07) is 7.84. The molecule has 0 spiro atoms. The van der Waals surface area contributed by atoms with E-state index in [0.29, 0.717) is 0 Å². The van der Waals surface area contributed by atoms with Crippen molar-refractivity contribution in [3.63, 3.8) is 0 Å². The molecule has 1 aliphatic heterocycles. The molecule has 1 aromatic carbocycles. The van der Waals surface area contributed by atoms with Crippen LogP contribution in [-0.2, 0) is 23.4 Å². The van der Waals surface area contributed by atoms with E-state index in [1.807, 2.05) is 10.9 Å². The first-order valence-corrected chi connectivity index (χ1v) is 12.8. The first-order chi connectivity index (χ1) is 17.4. The number of ether oxygens (including phenoxy) is 2. The Hall–Kier alpha value is -3.24. The van der Waals surface area contributed by atoms with Crippen LogP contribution in [0.1, 0.15) is 27.0 Å². The molecule has 0 aliphatic carbocycles. The minimum Gasteiger partial charge on any atom is -0.462 e. The average Bonchev–Trinajstić information content (AvgIpc) is 3.08. The molecular weight excluding hydrogens is 509 g/mol. The number of carbonyl (C=O) groups excluding carboxylic acids is 1. The third-order valence-corrected chi connectivity index (χ3v) is 6.90. The van der Waals surface area contributed by atoms with Crippen molar-refractivity contribution < 1.29 is 38.1 Å². The van der Waals surface area contributed by atoms with E-state index in [0.717, 1.165) is 16.8 Å². The van der Waals surface area contributed by atoms with Gasteiger partial charge in [0.15, 0.2) is 11.8 Å². The third-order valence-electron chi connectivity index (χ3n) is 5.25. The lowest BCUT2D eigenvalue weighted by Crippen LogP contribution is -2.48. The van der Waals surface area contributed by atoms with Crippen molar-refractivity contribution >= 4 is 13.7 Å². The summed E-state index contributed by atoms with van der Waals surface area (Å²) in [7, 11) is -4.32. The highest BCUT2D eigenvalue weighted by atomic mass is 31.2. The number of aliphatic hydroxyl groups is 2. The van der Waals surface area contributed by atoms with Gasteiger partial charge in [0.25, 0.3) is 5.56 Å². The summed E-state index contributed by atoms with van der Waals surface area (Å²) in [5, 5.41) is 24.1. The normalized spacial score (nSPS) is 25.7. The minimum absolute atomic E-state index is 0.147. The van der Waals surface area contributed by atoms with Crippen molar-refractivity contribution in [2.75, 3.05) is 6.61 Å². The fourth-order valence-electron chi connectivity index (χ4n) is 3.46. The van der Waals surface area contributed by atoms with Crippen LogP contribution in [0.3, 0.4) is 0 Å². The number of rotatable bonds is 10. The molecule has 0 saturated carbocycles. The van der Waals surface area contributed by atoms with E-state index in [9.17, 15) is 29.2 Å². The van der Waals surface area contributed by atoms with Gasteiger partial charge in [0, 0.05) is 12.3 Å². The Balaban J connectivity index is 1.84. The van der Waals surface area contributed by atoms with Crippen LogP contribution in [0.5, 0.6) is 5.75 Å². The first kappa shape index (κ1) is 28.3. The second kappa shape index (κ2) is 11.4. The lowest BCUT2D eigenvalue weighted by molar-refractivity contribution is -0.149. The van der Waals surface area contributed by atoms with Gasteiger partial charge in [0.1, 0.15) is 24.0 Å². The molecule has 1 saturated heterocycles. The van der Waals surface area contributed by atoms with Crippen LogP contribution in [0.25, 0.3) is 0 Å². The lowest BCUT2D eigenvalue weighted by Gasteiger charge is -2.26. The summed E-state index contributed by atoms with van der Waals surface area (Å²) < 4.78 is 36.2. The summed E-state index contributed by atoms with van der Waals surface area (Å²) >= 11 is 0. The van der Waals surface area contributed by atoms with Crippen LogP contribution in [0, 0.1) is 12.3 Å². The maximum absolute atomic E-state index is 13.6. The molecule has 2 unspecified atom stereocenters. The van der Waals surface area contributed by atoms with E-state index in [1.165, 1.54) is 19.1 Å². The van der Waals surface area contributed by atoms with Crippen LogP contribution in [0.15, 0.2) is 52.2 Å². The van der Waals surface area contributed by atoms with Gasteiger partial charge in [-0.15, -0.1) is 6.42 Å². The van der Waals surface area contributed by atoms with Crippen molar-refractivity contribution in [1.82, 2.24) is 14.6 Å². The number of para-hydroxylation sites is 1. The zero-order chi connectivity index (χ0) is 27.4. The van der Waals surface area contributed by atoms with Gasteiger partial charge in [-0.05, 0) is 32.9 Å². The van der Waals surface area contributed by atoms with Gasteiger partial charge < -0.3 is 24.2 Å². The number of nitrogens with one attached hydrogen (secondary N) is 2. The molecule has 6 atom stereocenters. The highest BCUT2D eigenvalue weighted by Crippen LogP contribution is 2.46. The van der Waals surface area contributed by atoms with Crippen molar-refractivity contribution in [3.8, 4) is 18.1 Å². The molecule has 1 fully saturated rings. The number of aromatic amines is 1. The van der Waals surface area contributed by atoms with Crippen molar-refractivity contribution in [2.45, 2.75) is 57.0 Å². The molecule has 1 aliphatic rings. The minimum atomic E-state index is -4.32. The summed E-state index contributed by atoms with van der Waals surface area (Å²) in [6.45, 7) is 4.04. The Morgan fingerprint density at radius 1 is 1.30 bits per heavy atom. The first-order valence-electron chi connectivity index (χ1n) is 11.2. The van der Waals surface area contributed by atoms with Crippen molar-refractivity contribution in [1.29, 1.82) is 0 Å². The predicted octanol–water partition coefficient (Wildman–Crippen LogP) is 0.293. The number of aliphatic hydroxyl groups excluding tert-OH is 1. The molecule has 2 aromatic rings. The van der Waals surface area contributed by atoms with Gasteiger partial charge in [0.2, 0.25) is 0 Å². The Bertz CT molecular complexity index is 1300. The molecule has 37 heavy (non-hydrogen) atoms.